The zero-order chi connectivity index (χ0) is 8.27. The molecule has 0 aliphatic carbocycles. The minimum atomic E-state index is 0.387. The molecule has 64 valence electrons. The monoisotopic (exact) mass is 219 g/mol. The number of hydrogen-bond acceptors (Lipinski definition) is 2. The molecule has 1 aliphatic heterocycles. The maximum atomic E-state index is 11.0. The van der Waals surface area contributed by atoms with E-state index in [0.29, 0.717) is 18.4 Å². The van der Waals surface area contributed by atoms with Gasteiger partial charge in [-0.05, 0) is 19.9 Å². The molecule has 0 unspecified atom stereocenters. The Morgan fingerprint density at radius 3 is 3.00 bits per heavy atom. The van der Waals surface area contributed by atoms with E-state index in [1.54, 1.807) is 0 Å². The van der Waals surface area contributed by atoms with Crippen molar-refractivity contribution in [1.29, 1.82) is 0 Å². The van der Waals surface area contributed by atoms with Crippen molar-refractivity contribution < 1.29 is 4.79 Å². The Labute approximate surface area is 76.1 Å². The highest BCUT2D eigenvalue weighted by Gasteiger charge is 2.22. The summed E-state index contributed by atoms with van der Waals surface area (Å²) in [5.74, 6) is 0.387. The highest BCUT2D eigenvalue weighted by Crippen LogP contribution is 2.16. The van der Waals surface area contributed by atoms with Crippen LogP contribution in [0.15, 0.2) is 0 Å². The molecule has 0 amide bonds. The van der Waals surface area contributed by atoms with Crippen LogP contribution in [0.1, 0.15) is 19.3 Å². The fourth-order valence-electron chi connectivity index (χ4n) is 1.52. The van der Waals surface area contributed by atoms with Gasteiger partial charge >= 0.3 is 0 Å². The molecule has 0 spiro atoms. The van der Waals surface area contributed by atoms with E-state index in [1.807, 2.05) is 7.05 Å². The molecule has 1 fully saturated rings. The normalized spacial score (nSPS) is 27.5. The Morgan fingerprint density at radius 2 is 2.45 bits per heavy atom. The average molecular weight is 220 g/mol. The van der Waals surface area contributed by atoms with E-state index in [-0.39, 0.29) is 0 Å². The van der Waals surface area contributed by atoms with Crippen molar-refractivity contribution in [2.75, 3.05) is 18.9 Å². The Kier molecular flexibility index (Phi) is 3.52. The number of carbonyl (C=O) groups excluding carboxylic acids is 1. The van der Waals surface area contributed by atoms with E-state index >= 15 is 0 Å². The predicted octanol–water partition coefficient (Wildman–Crippen LogP) is 1.43. The molecule has 1 rings (SSSR count). The Morgan fingerprint density at radius 1 is 1.73 bits per heavy atom. The van der Waals surface area contributed by atoms with Gasteiger partial charge in [-0.15, -0.1) is 0 Å². The number of likely N-dealkylation sites (tertiary alicyclic amines) is 1. The minimum Gasteiger partial charge on any atom is -0.298 e. The largest absolute Gasteiger partial charge is 0.298 e. The van der Waals surface area contributed by atoms with Gasteiger partial charge in [0.2, 0.25) is 0 Å². The summed E-state index contributed by atoms with van der Waals surface area (Å²) in [7, 11) is 2.03. The second-order valence-corrected chi connectivity index (χ2v) is 3.92. The molecular weight excluding hydrogens is 206 g/mol. The number of hydrogen-bond donors (Lipinski definition) is 0. The molecule has 1 heterocycles. The molecule has 0 N–H and O–H groups in total. The second kappa shape index (κ2) is 4.21. The van der Waals surface area contributed by atoms with E-state index in [0.717, 1.165) is 24.6 Å². The van der Waals surface area contributed by atoms with Crippen molar-refractivity contribution in [2.45, 2.75) is 25.3 Å². The van der Waals surface area contributed by atoms with Crippen molar-refractivity contribution in [3.63, 3.8) is 0 Å². The molecule has 0 radical (unpaired) electrons. The number of Topliss-reactive ketones (excluding diaryl/α,β-unsaturated/α-hetero) is 1. The minimum absolute atomic E-state index is 0.387. The third kappa shape index (κ3) is 2.56. The molecule has 0 aromatic heterocycles. The van der Waals surface area contributed by atoms with Crippen LogP contribution < -0.4 is 0 Å². The number of halogens is 1. The van der Waals surface area contributed by atoms with Gasteiger partial charge in [-0.3, -0.25) is 9.69 Å². The van der Waals surface area contributed by atoms with Crippen LogP contribution >= 0.6 is 15.9 Å². The molecule has 0 aromatic rings. The van der Waals surface area contributed by atoms with E-state index in [1.165, 1.54) is 0 Å². The first-order chi connectivity index (χ1) is 5.24. The maximum Gasteiger partial charge on any atom is 0.146 e. The maximum absolute atomic E-state index is 11.0. The molecule has 1 atom stereocenters. The summed E-state index contributed by atoms with van der Waals surface area (Å²) in [5, 5.41) is 1.04. The van der Waals surface area contributed by atoms with Gasteiger partial charge in [0, 0.05) is 17.8 Å². The Hall–Kier alpha value is 0.110. The van der Waals surface area contributed by atoms with Gasteiger partial charge in [-0.25, -0.2) is 0 Å². The first-order valence-electron chi connectivity index (χ1n) is 4.02. The van der Waals surface area contributed by atoms with Gasteiger partial charge in [-0.2, -0.15) is 0 Å². The SMILES string of the molecule is CN1CC(=O)CC[C@H]1CCBr. The number of ketones is 1. The Bertz CT molecular complexity index is 149. The summed E-state index contributed by atoms with van der Waals surface area (Å²) in [4.78, 5) is 13.1. The van der Waals surface area contributed by atoms with Crippen LogP contribution in [-0.2, 0) is 4.79 Å². The number of rotatable bonds is 2. The number of carbonyl (C=O) groups is 1. The van der Waals surface area contributed by atoms with Crippen LogP contribution in [0.2, 0.25) is 0 Å². The third-order valence-corrected chi connectivity index (χ3v) is 2.71. The van der Waals surface area contributed by atoms with Crippen LogP contribution in [0.5, 0.6) is 0 Å². The summed E-state index contributed by atoms with van der Waals surface area (Å²) < 4.78 is 0. The summed E-state index contributed by atoms with van der Waals surface area (Å²) in [5.41, 5.74) is 0. The highest BCUT2D eigenvalue weighted by molar-refractivity contribution is 9.09. The van der Waals surface area contributed by atoms with E-state index in [2.05, 4.69) is 20.8 Å². The van der Waals surface area contributed by atoms with Crippen molar-refractivity contribution in [2.24, 2.45) is 0 Å². The smallest absolute Gasteiger partial charge is 0.146 e. The van der Waals surface area contributed by atoms with Crippen molar-refractivity contribution in [3.05, 3.63) is 0 Å². The Balaban J connectivity index is 2.37. The van der Waals surface area contributed by atoms with Gasteiger partial charge in [0.15, 0.2) is 0 Å². The first-order valence-corrected chi connectivity index (χ1v) is 5.14. The molecule has 0 saturated carbocycles. The van der Waals surface area contributed by atoms with E-state index < -0.39 is 0 Å². The fraction of sp³-hybridized carbons (Fsp3) is 0.875. The zero-order valence-corrected chi connectivity index (χ0v) is 8.43. The molecule has 1 aliphatic rings. The molecule has 0 bridgehead atoms. The predicted molar refractivity (Wildman–Crippen MR) is 49.1 cm³/mol. The van der Waals surface area contributed by atoms with Crippen molar-refractivity contribution >= 4 is 21.7 Å². The van der Waals surface area contributed by atoms with Gasteiger partial charge < -0.3 is 0 Å². The number of nitrogens with zero attached hydrogens (tertiary/aromatic N) is 1. The number of alkyl halides is 1. The number of piperidine rings is 1. The summed E-state index contributed by atoms with van der Waals surface area (Å²) >= 11 is 3.42. The lowest BCUT2D eigenvalue weighted by Gasteiger charge is -2.31. The van der Waals surface area contributed by atoms with Crippen LogP contribution in [-0.4, -0.2) is 35.6 Å². The summed E-state index contributed by atoms with van der Waals surface area (Å²) in [6.45, 7) is 0.650. The van der Waals surface area contributed by atoms with E-state index in [4.69, 9.17) is 0 Å². The molecule has 1 saturated heterocycles. The second-order valence-electron chi connectivity index (χ2n) is 3.12. The molecule has 11 heavy (non-hydrogen) atoms. The fourth-order valence-corrected chi connectivity index (χ4v) is 2.05. The van der Waals surface area contributed by atoms with Gasteiger partial charge in [0.25, 0.3) is 0 Å². The lowest BCUT2D eigenvalue weighted by atomic mass is 10.0. The van der Waals surface area contributed by atoms with Crippen LogP contribution in [0.25, 0.3) is 0 Å². The van der Waals surface area contributed by atoms with Gasteiger partial charge in [0.1, 0.15) is 5.78 Å². The number of likely N-dealkylation sites (N-methyl/N-ethyl adjacent to an activating group) is 1. The summed E-state index contributed by atoms with van der Waals surface area (Å²) in [6.07, 6.45) is 2.98. The van der Waals surface area contributed by atoms with Gasteiger partial charge in [-0.1, -0.05) is 15.9 Å². The van der Waals surface area contributed by atoms with Crippen molar-refractivity contribution in [3.8, 4) is 0 Å². The van der Waals surface area contributed by atoms with Crippen molar-refractivity contribution in [1.82, 2.24) is 4.90 Å². The first kappa shape index (κ1) is 9.20. The van der Waals surface area contributed by atoms with E-state index in [9.17, 15) is 4.79 Å². The molecule has 3 heteroatoms. The standard InChI is InChI=1S/C8H14BrNO/c1-10-6-8(11)3-2-7(10)4-5-9/h7H,2-6H2,1H3/t7-/m0/s1. The quantitative estimate of drug-likeness (QED) is 0.656. The van der Waals surface area contributed by atoms with Crippen LogP contribution in [0.4, 0.5) is 0 Å². The van der Waals surface area contributed by atoms with Gasteiger partial charge in [0.05, 0.1) is 6.54 Å². The molecular formula is C8H14BrNO. The third-order valence-electron chi connectivity index (χ3n) is 2.25. The average Bonchev–Trinajstić information content (AvgIpc) is 1.95. The lowest BCUT2D eigenvalue weighted by Crippen LogP contribution is -2.40. The topological polar surface area (TPSA) is 20.3 Å². The summed E-state index contributed by atoms with van der Waals surface area (Å²) in [6, 6.07) is 0.618. The molecule has 2 nitrogen and oxygen atoms in total. The lowest BCUT2D eigenvalue weighted by molar-refractivity contribution is -0.122. The zero-order valence-electron chi connectivity index (χ0n) is 6.85. The van der Waals surface area contributed by atoms with Crippen LogP contribution in [0, 0.1) is 0 Å². The van der Waals surface area contributed by atoms with Crippen LogP contribution in [0.3, 0.4) is 0 Å². The highest BCUT2D eigenvalue weighted by atomic mass is 79.9. The molecule has 0 aromatic carbocycles.